The molecule has 0 radical (unpaired) electrons. The molecule has 0 saturated heterocycles. The van der Waals surface area contributed by atoms with E-state index in [4.69, 9.17) is 9.84 Å². The van der Waals surface area contributed by atoms with Gasteiger partial charge in [-0.25, -0.2) is 14.4 Å². The molecule has 1 saturated carbocycles. The molecule has 3 N–H and O–H groups in total. The fraction of sp³-hybridized carbons (Fsp3) is 0.500. The summed E-state index contributed by atoms with van der Waals surface area (Å²) in [7, 11) is 0. The Hall–Kier alpha value is -3.57. The van der Waals surface area contributed by atoms with Gasteiger partial charge in [0.15, 0.2) is 5.82 Å². The molecule has 0 bridgehead atoms. The van der Waals surface area contributed by atoms with Crippen molar-refractivity contribution in [1.29, 1.82) is 0 Å². The predicted octanol–water partition coefficient (Wildman–Crippen LogP) is 4.26. The highest BCUT2D eigenvalue weighted by Crippen LogP contribution is 2.36. The van der Waals surface area contributed by atoms with Crippen LogP contribution in [0.4, 0.5) is 10.2 Å². The highest BCUT2D eigenvalue weighted by Gasteiger charge is 2.29. The van der Waals surface area contributed by atoms with Gasteiger partial charge in [0.2, 0.25) is 0 Å². The normalized spacial score (nSPS) is 18.8. The minimum absolute atomic E-state index is 0.0679. The molecule has 39 heavy (non-hydrogen) atoms. The standard InChI is InChI=1S/C28H36FN7O3/c1-5-30-24-12-22-21(14-32-24)26(18-13-33-35(15-18)16-23(37)28(3,4)38)34-36(22)19-6-8-20(9-7-19)39-27-25(29)17(2)10-11-31-27/h10-15,19-20,23,37-38H,5-9,16H2,1-4H3,(H,30,32)/t19?,20?,23-/m0/s1. The van der Waals surface area contributed by atoms with E-state index in [0.29, 0.717) is 5.56 Å². The first kappa shape index (κ1) is 27.0. The molecule has 11 heteroatoms. The molecule has 208 valence electrons. The topological polar surface area (TPSA) is 123 Å². The number of aliphatic hydroxyl groups excluding tert-OH is 1. The van der Waals surface area contributed by atoms with Crippen LogP contribution >= 0.6 is 0 Å². The number of nitrogens with zero attached hydrogens (tertiary/aromatic N) is 6. The number of aromatic nitrogens is 6. The third-order valence-electron chi connectivity index (χ3n) is 7.35. The van der Waals surface area contributed by atoms with Crippen molar-refractivity contribution >= 4 is 16.7 Å². The summed E-state index contributed by atoms with van der Waals surface area (Å²) < 4.78 is 24.0. The number of aliphatic hydroxyl groups is 2. The van der Waals surface area contributed by atoms with Crippen molar-refractivity contribution in [3.8, 4) is 17.1 Å². The Bertz CT molecular complexity index is 1440. The third-order valence-corrected chi connectivity index (χ3v) is 7.35. The Balaban J connectivity index is 1.40. The van der Waals surface area contributed by atoms with Gasteiger partial charge in [0.05, 0.1) is 29.9 Å². The van der Waals surface area contributed by atoms with Crippen LogP contribution in [0.2, 0.25) is 0 Å². The second-order valence-corrected chi connectivity index (χ2v) is 10.8. The summed E-state index contributed by atoms with van der Waals surface area (Å²) in [4.78, 5) is 8.66. The number of fused-ring (bicyclic) bond motifs is 1. The number of hydrogen-bond acceptors (Lipinski definition) is 8. The zero-order chi connectivity index (χ0) is 27.7. The number of nitrogens with one attached hydrogen (secondary N) is 1. The molecule has 4 heterocycles. The van der Waals surface area contributed by atoms with Crippen LogP contribution in [0, 0.1) is 12.7 Å². The van der Waals surface area contributed by atoms with Crippen LogP contribution in [0.25, 0.3) is 22.2 Å². The van der Waals surface area contributed by atoms with Gasteiger partial charge in [0, 0.05) is 42.2 Å². The van der Waals surface area contributed by atoms with Gasteiger partial charge in [-0.2, -0.15) is 10.2 Å². The lowest BCUT2D eigenvalue weighted by molar-refractivity contribution is -0.0566. The first-order valence-corrected chi connectivity index (χ1v) is 13.5. The number of aryl methyl sites for hydroxylation is 1. The van der Waals surface area contributed by atoms with E-state index >= 15 is 0 Å². The quantitative estimate of drug-likeness (QED) is 0.289. The number of anilines is 1. The van der Waals surface area contributed by atoms with Crippen LogP contribution in [-0.2, 0) is 6.54 Å². The van der Waals surface area contributed by atoms with Gasteiger partial charge < -0.3 is 20.3 Å². The predicted molar refractivity (Wildman–Crippen MR) is 146 cm³/mol. The molecule has 0 aliphatic heterocycles. The van der Waals surface area contributed by atoms with Gasteiger partial charge in [-0.1, -0.05) is 0 Å². The van der Waals surface area contributed by atoms with E-state index in [0.717, 1.165) is 60.2 Å². The molecule has 0 amide bonds. The largest absolute Gasteiger partial charge is 0.472 e. The summed E-state index contributed by atoms with van der Waals surface area (Å²) >= 11 is 0. The average molecular weight is 538 g/mol. The molecule has 1 atom stereocenters. The summed E-state index contributed by atoms with van der Waals surface area (Å²) in [5, 5.41) is 34.0. The molecule has 0 spiro atoms. The number of rotatable bonds is 9. The van der Waals surface area contributed by atoms with E-state index < -0.39 is 17.5 Å². The Morgan fingerprint density at radius 2 is 1.97 bits per heavy atom. The van der Waals surface area contributed by atoms with E-state index in [1.54, 1.807) is 43.9 Å². The molecular formula is C28H36FN7O3. The number of pyridine rings is 2. The fourth-order valence-electron chi connectivity index (χ4n) is 4.95. The van der Waals surface area contributed by atoms with Gasteiger partial charge in [-0.15, -0.1) is 0 Å². The Labute approximate surface area is 226 Å². The Kier molecular flexibility index (Phi) is 7.55. The maximum atomic E-state index is 14.4. The number of hydrogen-bond donors (Lipinski definition) is 3. The van der Waals surface area contributed by atoms with Gasteiger partial charge in [0.1, 0.15) is 23.7 Å². The van der Waals surface area contributed by atoms with Gasteiger partial charge in [-0.05, 0) is 65.0 Å². The molecule has 5 rings (SSSR count). The van der Waals surface area contributed by atoms with Crippen molar-refractivity contribution in [3.63, 3.8) is 0 Å². The highest BCUT2D eigenvalue weighted by atomic mass is 19.1. The Morgan fingerprint density at radius 3 is 2.69 bits per heavy atom. The van der Waals surface area contributed by atoms with Crippen LogP contribution < -0.4 is 10.1 Å². The Morgan fingerprint density at radius 1 is 1.21 bits per heavy atom. The fourth-order valence-corrected chi connectivity index (χ4v) is 4.95. The highest BCUT2D eigenvalue weighted by molar-refractivity contribution is 5.93. The van der Waals surface area contributed by atoms with Crippen LogP contribution in [0.1, 0.15) is 58.1 Å². The number of ether oxygens (including phenoxy) is 1. The first-order valence-electron chi connectivity index (χ1n) is 13.5. The van der Waals surface area contributed by atoms with Crippen molar-refractivity contribution in [3.05, 3.63) is 48.3 Å². The van der Waals surface area contributed by atoms with Gasteiger partial charge in [-0.3, -0.25) is 9.36 Å². The van der Waals surface area contributed by atoms with Gasteiger partial charge in [0.25, 0.3) is 5.88 Å². The van der Waals surface area contributed by atoms with Gasteiger partial charge >= 0.3 is 0 Å². The second-order valence-electron chi connectivity index (χ2n) is 10.8. The maximum Gasteiger partial charge on any atom is 0.250 e. The van der Waals surface area contributed by atoms with Crippen LogP contribution in [-0.4, -0.2) is 64.1 Å². The molecule has 1 fully saturated rings. The number of halogens is 1. The average Bonchev–Trinajstić information content (AvgIpc) is 3.51. The van der Waals surface area contributed by atoms with Crippen molar-refractivity contribution in [2.45, 2.75) is 83.8 Å². The molecule has 0 aromatic carbocycles. The molecule has 10 nitrogen and oxygen atoms in total. The lowest BCUT2D eigenvalue weighted by Gasteiger charge is -2.29. The zero-order valence-electron chi connectivity index (χ0n) is 22.8. The molecule has 1 aliphatic rings. The molecular weight excluding hydrogens is 501 g/mol. The van der Waals surface area contributed by atoms with Crippen LogP contribution in [0.5, 0.6) is 5.88 Å². The zero-order valence-corrected chi connectivity index (χ0v) is 22.8. The summed E-state index contributed by atoms with van der Waals surface area (Å²) in [6.07, 6.45) is 9.03. The minimum Gasteiger partial charge on any atom is -0.472 e. The van der Waals surface area contributed by atoms with E-state index in [9.17, 15) is 14.6 Å². The van der Waals surface area contributed by atoms with E-state index in [2.05, 4.69) is 25.1 Å². The second kappa shape index (κ2) is 10.9. The smallest absolute Gasteiger partial charge is 0.250 e. The van der Waals surface area contributed by atoms with Crippen molar-refractivity contribution in [2.24, 2.45) is 0 Å². The van der Waals surface area contributed by atoms with Crippen molar-refractivity contribution in [2.75, 3.05) is 11.9 Å². The van der Waals surface area contributed by atoms with E-state index in [1.165, 1.54) is 0 Å². The molecule has 0 unspecified atom stereocenters. The molecule has 4 aromatic heterocycles. The summed E-state index contributed by atoms with van der Waals surface area (Å²) in [5.41, 5.74) is 1.81. The maximum absolute atomic E-state index is 14.4. The third kappa shape index (κ3) is 5.74. The van der Waals surface area contributed by atoms with E-state index in [1.807, 2.05) is 25.4 Å². The SMILES string of the molecule is CCNc1cc2c(cn1)c(-c1cnn(C[C@H](O)C(C)(C)O)c1)nn2C1CCC(Oc2nccc(C)c2F)CC1. The summed E-state index contributed by atoms with van der Waals surface area (Å²) in [6.45, 7) is 7.78. The molecule has 1 aliphatic carbocycles. The first-order chi connectivity index (χ1) is 18.6. The lowest BCUT2D eigenvalue weighted by atomic mass is 9.93. The van der Waals surface area contributed by atoms with Crippen LogP contribution in [0.3, 0.4) is 0 Å². The lowest BCUT2D eigenvalue weighted by Crippen LogP contribution is -2.39. The monoisotopic (exact) mass is 537 g/mol. The summed E-state index contributed by atoms with van der Waals surface area (Å²) in [5.74, 6) is 0.444. The molecule has 4 aromatic rings. The van der Waals surface area contributed by atoms with Crippen LogP contribution in [0.15, 0.2) is 36.9 Å². The summed E-state index contributed by atoms with van der Waals surface area (Å²) in [6, 6.07) is 3.79. The van der Waals surface area contributed by atoms with Crippen molar-refractivity contribution in [1.82, 2.24) is 29.5 Å². The van der Waals surface area contributed by atoms with E-state index in [-0.39, 0.29) is 24.6 Å². The minimum atomic E-state index is -1.24. The van der Waals surface area contributed by atoms with Crippen molar-refractivity contribution < 1.29 is 19.3 Å².